The third kappa shape index (κ3) is 3.19. The molecule has 4 nitrogen and oxygen atoms in total. The van der Waals surface area contributed by atoms with Gasteiger partial charge in [0.2, 0.25) is 0 Å². The molecule has 1 N–H and O–H groups in total. The largest absolute Gasteiger partial charge is 0.496 e. The standard InChI is InChI=1S/C15H21NO3/c1-11(15(17)18)9-12-10-13(5-6-14(12)19-2)16-7-3-4-8-16/h5-6,10-11H,3-4,7-9H2,1-2H3,(H,17,18). The van der Waals surface area contributed by atoms with Crippen LogP contribution in [0, 0.1) is 5.92 Å². The van der Waals surface area contributed by atoms with Gasteiger partial charge in [0.15, 0.2) is 0 Å². The van der Waals surface area contributed by atoms with E-state index in [2.05, 4.69) is 17.0 Å². The van der Waals surface area contributed by atoms with Crippen LogP contribution in [0.25, 0.3) is 0 Å². The maximum atomic E-state index is 11.0. The zero-order valence-electron chi connectivity index (χ0n) is 11.6. The molecule has 1 aromatic carbocycles. The van der Waals surface area contributed by atoms with Gasteiger partial charge in [-0.1, -0.05) is 6.92 Å². The first kappa shape index (κ1) is 13.7. The molecule has 0 radical (unpaired) electrons. The number of rotatable bonds is 5. The van der Waals surface area contributed by atoms with E-state index >= 15 is 0 Å². The molecule has 0 saturated carbocycles. The number of carbonyl (C=O) groups is 1. The van der Waals surface area contributed by atoms with Gasteiger partial charge in [0.1, 0.15) is 5.75 Å². The van der Waals surface area contributed by atoms with Crippen molar-refractivity contribution in [3.05, 3.63) is 23.8 Å². The van der Waals surface area contributed by atoms with Gasteiger partial charge in [-0.15, -0.1) is 0 Å². The lowest BCUT2D eigenvalue weighted by Crippen LogP contribution is -2.18. The lowest BCUT2D eigenvalue weighted by molar-refractivity contribution is -0.141. The Morgan fingerprint density at radius 3 is 2.68 bits per heavy atom. The molecule has 1 atom stereocenters. The summed E-state index contributed by atoms with van der Waals surface area (Å²) in [6.45, 7) is 3.89. The van der Waals surface area contributed by atoms with E-state index in [0.29, 0.717) is 6.42 Å². The molecule has 1 unspecified atom stereocenters. The monoisotopic (exact) mass is 263 g/mol. The predicted molar refractivity (Wildman–Crippen MR) is 74.9 cm³/mol. The first-order chi connectivity index (χ1) is 9.11. The van der Waals surface area contributed by atoms with Crippen LogP contribution in [0.2, 0.25) is 0 Å². The van der Waals surface area contributed by atoms with Crippen LogP contribution in [-0.4, -0.2) is 31.3 Å². The number of ether oxygens (including phenoxy) is 1. The fourth-order valence-corrected chi connectivity index (χ4v) is 2.51. The average Bonchev–Trinajstić information content (AvgIpc) is 2.92. The van der Waals surface area contributed by atoms with E-state index < -0.39 is 11.9 Å². The minimum atomic E-state index is -0.770. The highest BCUT2D eigenvalue weighted by Gasteiger charge is 2.18. The highest BCUT2D eigenvalue weighted by Crippen LogP contribution is 2.29. The molecular weight excluding hydrogens is 242 g/mol. The molecule has 0 aliphatic carbocycles. The molecule has 1 saturated heterocycles. The second-order valence-electron chi connectivity index (χ2n) is 5.13. The number of benzene rings is 1. The quantitative estimate of drug-likeness (QED) is 0.887. The number of hydrogen-bond acceptors (Lipinski definition) is 3. The van der Waals surface area contributed by atoms with Crippen LogP contribution >= 0.6 is 0 Å². The Labute approximate surface area is 114 Å². The average molecular weight is 263 g/mol. The molecule has 1 aromatic rings. The molecule has 19 heavy (non-hydrogen) atoms. The maximum Gasteiger partial charge on any atom is 0.306 e. The second-order valence-corrected chi connectivity index (χ2v) is 5.13. The van der Waals surface area contributed by atoms with Crippen LogP contribution in [-0.2, 0) is 11.2 Å². The number of carboxylic acids is 1. The number of hydrogen-bond donors (Lipinski definition) is 1. The Balaban J connectivity index is 2.22. The van der Waals surface area contributed by atoms with Crippen molar-refractivity contribution in [2.45, 2.75) is 26.2 Å². The maximum absolute atomic E-state index is 11.0. The molecule has 104 valence electrons. The second kappa shape index (κ2) is 5.95. The van der Waals surface area contributed by atoms with Crippen molar-refractivity contribution in [2.75, 3.05) is 25.1 Å². The van der Waals surface area contributed by atoms with Gasteiger partial charge >= 0.3 is 5.97 Å². The van der Waals surface area contributed by atoms with Crippen LogP contribution in [0.15, 0.2) is 18.2 Å². The first-order valence-corrected chi connectivity index (χ1v) is 6.76. The minimum Gasteiger partial charge on any atom is -0.496 e. The van der Waals surface area contributed by atoms with Crippen LogP contribution in [0.4, 0.5) is 5.69 Å². The van der Waals surface area contributed by atoms with Crippen LogP contribution in [0.1, 0.15) is 25.3 Å². The van der Waals surface area contributed by atoms with Gasteiger partial charge in [-0.05, 0) is 43.0 Å². The summed E-state index contributed by atoms with van der Waals surface area (Å²) in [6.07, 6.45) is 2.96. The number of anilines is 1. The minimum absolute atomic E-state index is 0.400. The van der Waals surface area contributed by atoms with Crippen LogP contribution in [0.3, 0.4) is 0 Å². The highest BCUT2D eigenvalue weighted by molar-refractivity contribution is 5.70. The van der Waals surface area contributed by atoms with Crippen molar-refractivity contribution in [3.63, 3.8) is 0 Å². The van der Waals surface area contributed by atoms with Gasteiger partial charge < -0.3 is 14.7 Å². The summed E-state index contributed by atoms with van der Waals surface area (Å²) >= 11 is 0. The molecule has 2 rings (SSSR count). The Hall–Kier alpha value is -1.71. The van der Waals surface area contributed by atoms with Gasteiger partial charge in [0, 0.05) is 18.8 Å². The van der Waals surface area contributed by atoms with E-state index in [1.807, 2.05) is 6.07 Å². The van der Waals surface area contributed by atoms with Gasteiger partial charge in [-0.3, -0.25) is 4.79 Å². The van der Waals surface area contributed by atoms with Gasteiger partial charge in [0.25, 0.3) is 0 Å². The van der Waals surface area contributed by atoms with E-state index in [4.69, 9.17) is 9.84 Å². The SMILES string of the molecule is COc1ccc(N2CCCC2)cc1CC(C)C(=O)O. The van der Waals surface area contributed by atoms with Crippen molar-refractivity contribution in [3.8, 4) is 5.75 Å². The molecule has 4 heteroatoms. The number of carboxylic acid groups (broad SMARTS) is 1. The summed E-state index contributed by atoms with van der Waals surface area (Å²) in [6, 6.07) is 6.07. The Morgan fingerprint density at radius 2 is 2.11 bits per heavy atom. The summed E-state index contributed by atoms with van der Waals surface area (Å²) in [4.78, 5) is 13.3. The van der Waals surface area contributed by atoms with E-state index in [1.165, 1.54) is 18.5 Å². The number of aliphatic carboxylic acids is 1. The predicted octanol–water partition coefficient (Wildman–Crippen LogP) is 2.56. The summed E-state index contributed by atoms with van der Waals surface area (Å²) in [5.41, 5.74) is 2.15. The summed E-state index contributed by atoms with van der Waals surface area (Å²) < 4.78 is 5.33. The van der Waals surface area contributed by atoms with E-state index in [9.17, 15) is 4.79 Å². The molecular formula is C15H21NO3. The van der Waals surface area contributed by atoms with Gasteiger partial charge in [-0.25, -0.2) is 0 Å². The Kier molecular flexibility index (Phi) is 4.30. The fourth-order valence-electron chi connectivity index (χ4n) is 2.51. The molecule has 0 amide bonds. The molecule has 1 fully saturated rings. The van der Waals surface area contributed by atoms with Crippen molar-refractivity contribution in [1.82, 2.24) is 0 Å². The highest BCUT2D eigenvalue weighted by atomic mass is 16.5. The zero-order valence-corrected chi connectivity index (χ0v) is 11.6. The lowest BCUT2D eigenvalue weighted by atomic mass is 10.00. The van der Waals surface area contributed by atoms with Gasteiger partial charge in [0.05, 0.1) is 13.0 Å². The number of nitrogens with zero attached hydrogens (tertiary/aromatic N) is 1. The van der Waals surface area contributed by atoms with E-state index in [-0.39, 0.29) is 0 Å². The topological polar surface area (TPSA) is 49.8 Å². The fraction of sp³-hybridized carbons (Fsp3) is 0.533. The molecule has 1 heterocycles. The summed E-state index contributed by atoms with van der Waals surface area (Å²) in [7, 11) is 1.62. The molecule has 1 aliphatic heterocycles. The van der Waals surface area contributed by atoms with E-state index in [1.54, 1.807) is 14.0 Å². The third-order valence-electron chi connectivity index (χ3n) is 3.68. The molecule has 0 bridgehead atoms. The lowest BCUT2D eigenvalue weighted by Gasteiger charge is -2.20. The molecule has 0 spiro atoms. The van der Waals surface area contributed by atoms with Crippen LogP contribution in [0.5, 0.6) is 5.75 Å². The Morgan fingerprint density at radius 1 is 1.42 bits per heavy atom. The summed E-state index contributed by atoms with van der Waals surface area (Å²) in [5.74, 6) is -0.396. The van der Waals surface area contributed by atoms with Crippen molar-refractivity contribution in [1.29, 1.82) is 0 Å². The normalized spacial score (nSPS) is 16.4. The summed E-state index contributed by atoms with van der Waals surface area (Å²) in [5, 5.41) is 9.04. The third-order valence-corrected chi connectivity index (χ3v) is 3.68. The first-order valence-electron chi connectivity index (χ1n) is 6.76. The van der Waals surface area contributed by atoms with Crippen molar-refractivity contribution in [2.24, 2.45) is 5.92 Å². The zero-order chi connectivity index (χ0) is 13.8. The molecule has 1 aliphatic rings. The Bertz CT molecular complexity index is 453. The van der Waals surface area contributed by atoms with Crippen molar-refractivity contribution >= 4 is 11.7 Å². The molecule has 0 aromatic heterocycles. The van der Waals surface area contributed by atoms with Crippen LogP contribution < -0.4 is 9.64 Å². The number of methoxy groups -OCH3 is 1. The van der Waals surface area contributed by atoms with Gasteiger partial charge in [-0.2, -0.15) is 0 Å². The van der Waals surface area contributed by atoms with Crippen molar-refractivity contribution < 1.29 is 14.6 Å². The van der Waals surface area contributed by atoms with E-state index in [0.717, 1.165) is 24.4 Å². The smallest absolute Gasteiger partial charge is 0.306 e.